The van der Waals surface area contributed by atoms with E-state index < -0.39 is 12.2 Å². The molecule has 0 fully saturated rings. The van der Waals surface area contributed by atoms with E-state index in [4.69, 9.17) is 0 Å². The van der Waals surface area contributed by atoms with Gasteiger partial charge in [-0.3, -0.25) is 0 Å². The molecule has 0 amide bonds. The summed E-state index contributed by atoms with van der Waals surface area (Å²) in [5.41, 5.74) is 0. The lowest BCUT2D eigenvalue weighted by molar-refractivity contribution is 0.119. The van der Waals surface area contributed by atoms with Crippen LogP contribution in [0.15, 0.2) is 21.6 Å². The fraction of sp³-hybridized carbons (Fsp3) is 0.667. The largest absolute Gasteiger partial charge is 0.391 e. The van der Waals surface area contributed by atoms with Gasteiger partial charge in [0.15, 0.2) is 0 Å². The number of rotatable bonds is 4. The quantitative estimate of drug-likeness (QED) is 0.823. The zero-order valence-corrected chi connectivity index (χ0v) is 13.8. The molecule has 2 aliphatic heterocycles. The summed E-state index contributed by atoms with van der Waals surface area (Å²) in [6.45, 7) is 5.83. The van der Waals surface area contributed by atoms with E-state index in [2.05, 4.69) is 6.92 Å². The maximum absolute atomic E-state index is 10.2. The molecule has 2 heterocycles. The minimum absolute atomic E-state index is 0.153. The average Bonchev–Trinajstić information content (AvgIpc) is 2.99. The molecule has 2 atom stereocenters. The number of hydrogen-bond donors (Lipinski definition) is 2. The predicted octanol–water partition coefficient (Wildman–Crippen LogP) is 3.68. The predicted molar refractivity (Wildman–Crippen MR) is 86.6 cm³/mol. The van der Waals surface area contributed by atoms with Crippen molar-refractivity contribution in [2.45, 2.75) is 41.1 Å². The number of aliphatic hydroxyl groups is 2. The fourth-order valence-corrected chi connectivity index (χ4v) is 7.90. The highest BCUT2D eigenvalue weighted by Crippen LogP contribution is 2.63. The summed E-state index contributed by atoms with van der Waals surface area (Å²) in [7, 11) is 0. The Hall–Kier alpha value is 0.800. The summed E-state index contributed by atoms with van der Waals surface area (Å²) >= 11 is 6.70. The van der Waals surface area contributed by atoms with E-state index >= 15 is 0 Å². The molecule has 0 spiro atoms. The minimum Gasteiger partial charge on any atom is -0.391 e. The van der Waals surface area contributed by atoms with Crippen LogP contribution in [-0.4, -0.2) is 30.6 Å². The van der Waals surface area contributed by atoms with E-state index in [1.807, 2.05) is 35.5 Å². The van der Waals surface area contributed by atoms with E-state index in [0.717, 1.165) is 0 Å². The van der Waals surface area contributed by atoms with Gasteiger partial charge in [0, 0.05) is 5.92 Å². The van der Waals surface area contributed by atoms with Crippen LogP contribution < -0.4 is 0 Å². The zero-order chi connectivity index (χ0) is 13.4. The molecule has 0 saturated heterocycles. The van der Waals surface area contributed by atoms with Crippen LogP contribution in [0.2, 0.25) is 0 Å². The topological polar surface area (TPSA) is 40.5 Å². The molecule has 2 N–H and O–H groups in total. The van der Waals surface area contributed by atoms with E-state index in [0.29, 0.717) is 0 Å². The summed E-state index contributed by atoms with van der Waals surface area (Å²) in [6.07, 6.45) is -0.871. The molecule has 0 bridgehead atoms. The van der Waals surface area contributed by atoms with Crippen molar-refractivity contribution in [3.8, 4) is 0 Å². The highest BCUT2D eigenvalue weighted by molar-refractivity contribution is 8.25. The Bertz CT molecular complexity index is 315. The Balaban J connectivity index is 2.30. The lowest BCUT2D eigenvalue weighted by Crippen LogP contribution is -2.51. The first-order valence-electron chi connectivity index (χ1n) is 5.83. The van der Waals surface area contributed by atoms with E-state index in [9.17, 15) is 10.2 Å². The smallest absolute Gasteiger partial charge is 0.0995 e. The van der Waals surface area contributed by atoms with Crippen LogP contribution in [-0.2, 0) is 0 Å². The molecule has 2 unspecified atom stereocenters. The van der Waals surface area contributed by atoms with Gasteiger partial charge >= 0.3 is 0 Å². The summed E-state index contributed by atoms with van der Waals surface area (Å²) in [4.78, 5) is 0. The third kappa shape index (κ3) is 2.29. The Labute approximate surface area is 125 Å². The number of thioether (sulfide) groups is 4. The molecule has 2 nitrogen and oxygen atoms in total. The van der Waals surface area contributed by atoms with Crippen molar-refractivity contribution in [1.29, 1.82) is 0 Å². The van der Waals surface area contributed by atoms with Crippen LogP contribution >= 0.6 is 47.0 Å². The molecule has 0 aromatic carbocycles. The molecule has 6 heteroatoms. The third-order valence-electron chi connectivity index (χ3n) is 3.49. The van der Waals surface area contributed by atoms with Gasteiger partial charge in [-0.25, -0.2) is 0 Å². The SMILES string of the molecule is CC(O)C1(C(C)C2(C(C)O)SC=CS2)SC=CS1. The molecule has 102 valence electrons. The summed E-state index contributed by atoms with van der Waals surface area (Å²) < 4.78 is -0.605. The van der Waals surface area contributed by atoms with Gasteiger partial charge < -0.3 is 10.2 Å². The van der Waals surface area contributed by atoms with Crippen molar-refractivity contribution in [3.63, 3.8) is 0 Å². The molecular formula is C12H18O2S4. The van der Waals surface area contributed by atoms with Gasteiger partial charge in [0.05, 0.1) is 20.4 Å². The Morgan fingerprint density at radius 2 is 1.00 bits per heavy atom. The van der Waals surface area contributed by atoms with Crippen molar-refractivity contribution >= 4 is 47.0 Å². The standard InChI is InChI=1S/C12H18O2S4/c1-8(11(9(2)13)15-4-5-16-11)12(10(3)14)17-6-7-18-12/h4-10,13-14H,1-3H3. The number of aliphatic hydroxyl groups excluding tert-OH is 2. The van der Waals surface area contributed by atoms with Crippen LogP contribution in [0.4, 0.5) is 0 Å². The van der Waals surface area contributed by atoms with Gasteiger partial charge in [0.1, 0.15) is 0 Å². The molecule has 0 aliphatic carbocycles. The molecular weight excluding hydrogens is 304 g/mol. The second-order valence-electron chi connectivity index (χ2n) is 4.53. The maximum atomic E-state index is 10.2. The normalized spacial score (nSPS) is 29.4. The van der Waals surface area contributed by atoms with Gasteiger partial charge in [-0.2, -0.15) is 0 Å². The van der Waals surface area contributed by atoms with E-state index in [1.54, 1.807) is 47.0 Å². The molecule has 18 heavy (non-hydrogen) atoms. The van der Waals surface area contributed by atoms with Crippen LogP contribution in [0.1, 0.15) is 20.8 Å². The van der Waals surface area contributed by atoms with Gasteiger partial charge in [-0.1, -0.05) is 6.92 Å². The highest BCUT2D eigenvalue weighted by Gasteiger charge is 2.56. The van der Waals surface area contributed by atoms with Crippen molar-refractivity contribution in [2.24, 2.45) is 5.92 Å². The van der Waals surface area contributed by atoms with Crippen molar-refractivity contribution in [2.75, 3.05) is 0 Å². The zero-order valence-electron chi connectivity index (χ0n) is 10.6. The Morgan fingerprint density at radius 1 is 0.722 bits per heavy atom. The van der Waals surface area contributed by atoms with Gasteiger partial charge in [-0.15, -0.1) is 47.0 Å². The van der Waals surface area contributed by atoms with Gasteiger partial charge in [0.2, 0.25) is 0 Å². The van der Waals surface area contributed by atoms with Crippen LogP contribution in [0, 0.1) is 5.92 Å². The van der Waals surface area contributed by atoms with E-state index in [1.165, 1.54) is 0 Å². The third-order valence-corrected chi connectivity index (χ3v) is 10.3. The van der Waals surface area contributed by atoms with Crippen molar-refractivity contribution in [1.82, 2.24) is 0 Å². The highest BCUT2D eigenvalue weighted by atomic mass is 32.2. The monoisotopic (exact) mass is 322 g/mol. The van der Waals surface area contributed by atoms with Crippen LogP contribution in [0.3, 0.4) is 0 Å². The lowest BCUT2D eigenvalue weighted by atomic mass is 9.95. The van der Waals surface area contributed by atoms with Gasteiger partial charge in [-0.05, 0) is 35.5 Å². The summed E-state index contributed by atoms with van der Waals surface area (Å²) in [5.74, 6) is 0.153. The average molecular weight is 323 g/mol. The summed E-state index contributed by atoms with van der Waals surface area (Å²) in [6, 6.07) is 0. The minimum atomic E-state index is -0.435. The fourth-order valence-electron chi connectivity index (χ4n) is 2.40. The Kier molecular flexibility index (Phi) is 4.78. The first-order chi connectivity index (χ1) is 8.46. The first kappa shape index (κ1) is 15.2. The van der Waals surface area contributed by atoms with Gasteiger partial charge in [0.25, 0.3) is 0 Å². The summed E-state index contributed by atoms with van der Waals surface area (Å²) in [5, 5.41) is 28.6. The molecule has 0 saturated carbocycles. The van der Waals surface area contributed by atoms with E-state index in [-0.39, 0.29) is 14.1 Å². The molecule has 0 aromatic rings. The van der Waals surface area contributed by atoms with Crippen LogP contribution in [0.5, 0.6) is 0 Å². The molecule has 0 radical (unpaired) electrons. The van der Waals surface area contributed by atoms with Crippen molar-refractivity contribution < 1.29 is 10.2 Å². The Morgan fingerprint density at radius 3 is 1.22 bits per heavy atom. The molecule has 0 aromatic heterocycles. The second-order valence-corrected chi connectivity index (χ2v) is 9.78. The number of hydrogen-bond acceptors (Lipinski definition) is 6. The van der Waals surface area contributed by atoms with Crippen LogP contribution in [0.25, 0.3) is 0 Å². The molecule has 2 aliphatic rings. The second kappa shape index (κ2) is 5.66. The first-order valence-corrected chi connectivity index (χ1v) is 9.35. The van der Waals surface area contributed by atoms with Crippen molar-refractivity contribution in [3.05, 3.63) is 21.6 Å². The lowest BCUT2D eigenvalue weighted by Gasteiger charge is -2.46. The maximum Gasteiger partial charge on any atom is 0.0995 e. The molecule has 2 rings (SSSR count).